The Balaban J connectivity index is 2.07. The second-order valence-corrected chi connectivity index (χ2v) is 4.27. The van der Waals surface area contributed by atoms with Gasteiger partial charge in [-0.25, -0.2) is 0 Å². The Bertz CT molecular complexity index is 553. The molecule has 0 saturated carbocycles. The summed E-state index contributed by atoms with van der Waals surface area (Å²) < 4.78 is 5.61. The van der Waals surface area contributed by atoms with Gasteiger partial charge in [0.15, 0.2) is 0 Å². The molecule has 3 nitrogen and oxygen atoms in total. The van der Waals surface area contributed by atoms with E-state index < -0.39 is 0 Å². The molecule has 0 aliphatic carbocycles. The molecule has 0 amide bonds. The summed E-state index contributed by atoms with van der Waals surface area (Å²) >= 11 is 0. The van der Waals surface area contributed by atoms with Gasteiger partial charge in [0.2, 0.25) is 0 Å². The highest BCUT2D eigenvalue weighted by atomic mass is 16.5. The molecule has 0 N–H and O–H groups in total. The van der Waals surface area contributed by atoms with Gasteiger partial charge in [0.25, 0.3) is 0 Å². The van der Waals surface area contributed by atoms with Gasteiger partial charge in [-0.2, -0.15) is 5.26 Å². The van der Waals surface area contributed by atoms with Crippen LogP contribution in [0.1, 0.15) is 25.3 Å². The third-order valence-electron chi connectivity index (χ3n) is 2.81. The van der Waals surface area contributed by atoms with Crippen LogP contribution in [0.4, 0.5) is 0 Å². The number of benzene rings is 1. The fourth-order valence-corrected chi connectivity index (χ4v) is 1.69. The molecule has 0 atom stereocenters. The van der Waals surface area contributed by atoms with Crippen LogP contribution in [0.5, 0.6) is 5.75 Å². The highest BCUT2D eigenvalue weighted by Gasteiger charge is 2.00. The topological polar surface area (TPSA) is 45.9 Å². The number of aromatic nitrogens is 1. The summed E-state index contributed by atoms with van der Waals surface area (Å²) in [5, 5.41) is 8.73. The van der Waals surface area contributed by atoms with Crippen LogP contribution in [0.2, 0.25) is 0 Å². The zero-order chi connectivity index (χ0) is 13.5. The van der Waals surface area contributed by atoms with Crippen molar-refractivity contribution in [1.82, 2.24) is 4.98 Å². The second-order valence-electron chi connectivity index (χ2n) is 4.27. The van der Waals surface area contributed by atoms with Crippen molar-refractivity contribution in [2.24, 2.45) is 0 Å². The van der Waals surface area contributed by atoms with E-state index in [2.05, 4.69) is 18.0 Å². The SMILES string of the molecule is CCCCOc1ccc(-c2ccc(C#N)cn2)cc1. The van der Waals surface area contributed by atoms with Gasteiger partial charge in [0.1, 0.15) is 11.8 Å². The average Bonchev–Trinajstić information content (AvgIpc) is 2.48. The van der Waals surface area contributed by atoms with Crippen LogP contribution in [-0.2, 0) is 0 Å². The largest absolute Gasteiger partial charge is 0.494 e. The van der Waals surface area contributed by atoms with Gasteiger partial charge in [-0.3, -0.25) is 4.98 Å². The normalized spacial score (nSPS) is 9.89. The molecule has 0 saturated heterocycles. The predicted octanol–water partition coefficient (Wildman–Crippen LogP) is 3.80. The molecule has 3 heteroatoms. The molecule has 0 aliphatic rings. The Morgan fingerprint density at radius 2 is 1.95 bits per heavy atom. The van der Waals surface area contributed by atoms with Crippen molar-refractivity contribution in [3.05, 3.63) is 48.2 Å². The smallest absolute Gasteiger partial charge is 0.119 e. The Morgan fingerprint density at radius 3 is 2.53 bits per heavy atom. The Hall–Kier alpha value is -2.34. The molecule has 2 aromatic rings. The first kappa shape index (κ1) is 13.1. The van der Waals surface area contributed by atoms with Crippen molar-refractivity contribution in [1.29, 1.82) is 5.26 Å². The summed E-state index contributed by atoms with van der Waals surface area (Å²) in [5.41, 5.74) is 2.45. The minimum atomic E-state index is 0.572. The zero-order valence-electron chi connectivity index (χ0n) is 11.0. The average molecular weight is 252 g/mol. The van der Waals surface area contributed by atoms with Crippen molar-refractivity contribution in [3.8, 4) is 23.1 Å². The van der Waals surface area contributed by atoms with Crippen LogP contribution in [0.15, 0.2) is 42.6 Å². The van der Waals surface area contributed by atoms with Crippen LogP contribution in [0.25, 0.3) is 11.3 Å². The molecule has 0 aliphatic heterocycles. The van der Waals surface area contributed by atoms with Gasteiger partial charge in [0, 0.05) is 11.8 Å². The number of unbranched alkanes of at least 4 members (excludes halogenated alkanes) is 1. The van der Waals surface area contributed by atoms with Crippen LogP contribution >= 0.6 is 0 Å². The first-order valence-corrected chi connectivity index (χ1v) is 6.43. The highest BCUT2D eigenvalue weighted by Crippen LogP contribution is 2.20. The summed E-state index contributed by atoms with van der Waals surface area (Å²) in [7, 11) is 0. The van der Waals surface area contributed by atoms with Crippen LogP contribution in [-0.4, -0.2) is 11.6 Å². The molecule has 96 valence electrons. The molecule has 0 bridgehead atoms. The van der Waals surface area contributed by atoms with Crippen LogP contribution < -0.4 is 4.74 Å². The monoisotopic (exact) mass is 252 g/mol. The van der Waals surface area contributed by atoms with E-state index in [0.29, 0.717) is 5.56 Å². The molecule has 0 radical (unpaired) electrons. The number of ether oxygens (including phenoxy) is 1. The zero-order valence-corrected chi connectivity index (χ0v) is 11.0. The van der Waals surface area contributed by atoms with Crippen molar-refractivity contribution >= 4 is 0 Å². The van der Waals surface area contributed by atoms with Crippen LogP contribution in [0.3, 0.4) is 0 Å². The molecule has 1 heterocycles. The number of nitriles is 1. The van der Waals surface area contributed by atoms with Gasteiger partial charge in [-0.15, -0.1) is 0 Å². The van der Waals surface area contributed by atoms with Crippen LogP contribution in [0, 0.1) is 11.3 Å². The van der Waals surface area contributed by atoms with E-state index >= 15 is 0 Å². The van der Waals surface area contributed by atoms with E-state index in [4.69, 9.17) is 10.00 Å². The van der Waals surface area contributed by atoms with Gasteiger partial charge in [0.05, 0.1) is 17.9 Å². The van der Waals surface area contributed by atoms with Crippen molar-refractivity contribution < 1.29 is 4.74 Å². The van der Waals surface area contributed by atoms with Gasteiger partial charge >= 0.3 is 0 Å². The second kappa shape index (κ2) is 6.55. The fraction of sp³-hybridized carbons (Fsp3) is 0.250. The molecule has 0 unspecified atom stereocenters. The van der Waals surface area contributed by atoms with E-state index in [1.807, 2.05) is 30.3 Å². The van der Waals surface area contributed by atoms with E-state index in [9.17, 15) is 0 Å². The summed E-state index contributed by atoms with van der Waals surface area (Å²) in [6.07, 6.45) is 3.78. The molecule has 0 fully saturated rings. The highest BCUT2D eigenvalue weighted by molar-refractivity contribution is 5.60. The first-order valence-electron chi connectivity index (χ1n) is 6.43. The Morgan fingerprint density at radius 1 is 1.16 bits per heavy atom. The molecule has 19 heavy (non-hydrogen) atoms. The van der Waals surface area contributed by atoms with Crippen molar-refractivity contribution in [2.75, 3.05) is 6.61 Å². The minimum Gasteiger partial charge on any atom is -0.494 e. The molecule has 1 aromatic carbocycles. The fourth-order valence-electron chi connectivity index (χ4n) is 1.69. The maximum absolute atomic E-state index is 8.73. The molecule has 0 spiro atoms. The molecular formula is C16H16N2O. The van der Waals surface area contributed by atoms with E-state index in [1.54, 1.807) is 12.3 Å². The van der Waals surface area contributed by atoms with E-state index in [-0.39, 0.29) is 0 Å². The summed E-state index contributed by atoms with van der Waals surface area (Å²) in [6, 6.07) is 13.5. The lowest BCUT2D eigenvalue weighted by atomic mass is 10.1. The van der Waals surface area contributed by atoms with Gasteiger partial charge in [-0.1, -0.05) is 13.3 Å². The molecule has 2 rings (SSSR count). The number of hydrogen-bond acceptors (Lipinski definition) is 3. The van der Waals surface area contributed by atoms with Gasteiger partial charge in [-0.05, 0) is 42.8 Å². The third kappa shape index (κ3) is 3.56. The lowest BCUT2D eigenvalue weighted by molar-refractivity contribution is 0.309. The van der Waals surface area contributed by atoms with Gasteiger partial charge < -0.3 is 4.74 Å². The lowest BCUT2D eigenvalue weighted by Gasteiger charge is -2.06. The number of pyridine rings is 1. The number of nitrogens with zero attached hydrogens (tertiary/aromatic N) is 2. The quantitative estimate of drug-likeness (QED) is 0.760. The maximum Gasteiger partial charge on any atom is 0.119 e. The number of hydrogen-bond donors (Lipinski definition) is 0. The maximum atomic E-state index is 8.73. The third-order valence-corrected chi connectivity index (χ3v) is 2.81. The van der Waals surface area contributed by atoms with E-state index in [0.717, 1.165) is 36.5 Å². The summed E-state index contributed by atoms with van der Waals surface area (Å²) in [4.78, 5) is 4.26. The molecular weight excluding hydrogens is 236 g/mol. The standard InChI is InChI=1S/C16H16N2O/c1-2-3-10-19-15-7-5-14(6-8-15)16-9-4-13(11-17)12-18-16/h4-9,12H,2-3,10H2,1H3. The summed E-state index contributed by atoms with van der Waals surface area (Å²) in [6.45, 7) is 2.90. The molecule has 1 aromatic heterocycles. The van der Waals surface area contributed by atoms with Crippen molar-refractivity contribution in [3.63, 3.8) is 0 Å². The Kier molecular flexibility index (Phi) is 4.52. The number of rotatable bonds is 5. The Labute approximate surface area is 113 Å². The van der Waals surface area contributed by atoms with Crippen molar-refractivity contribution in [2.45, 2.75) is 19.8 Å². The summed E-state index contributed by atoms with van der Waals surface area (Å²) in [5.74, 6) is 0.880. The predicted molar refractivity (Wildman–Crippen MR) is 74.8 cm³/mol. The first-order chi connectivity index (χ1) is 9.33. The lowest BCUT2D eigenvalue weighted by Crippen LogP contribution is -1.96. The minimum absolute atomic E-state index is 0.572. The van der Waals surface area contributed by atoms with E-state index in [1.165, 1.54) is 0 Å².